The number of amides is 3. The van der Waals surface area contributed by atoms with Crippen molar-refractivity contribution in [2.24, 2.45) is 16.8 Å². The second kappa shape index (κ2) is 8.21. The molecule has 4 rings (SSSR count). The molecule has 4 aliphatic rings. The van der Waals surface area contributed by atoms with Crippen molar-refractivity contribution in [3.63, 3.8) is 0 Å². The molecule has 1 saturated carbocycles. The molecule has 3 amide bonds. The van der Waals surface area contributed by atoms with E-state index in [0.29, 0.717) is 38.0 Å². The molecule has 0 aromatic heterocycles. The first-order valence-corrected chi connectivity index (χ1v) is 11.2. The van der Waals surface area contributed by atoms with E-state index in [2.05, 4.69) is 6.58 Å². The van der Waals surface area contributed by atoms with Crippen LogP contribution in [0.3, 0.4) is 0 Å². The predicted octanol–water partition coefficient (Wildman–Crippen LogP) is 3.44. The highest BCUT2D eigenvalue weighted by Crippen LogP contribution is 2.45. The number of nitrogens with zero attached hydrogens (tertiary/aromatic N) is 4. The Labute approximate surface area is 178 Å². The number of hydroxylamine groups is 2. The number of urea groups is 1. The van der Waals surface area contributed by atoms with Gasteiger partial charge in [0.25, 0.3) is 0 Å². The lowest BCUT2D eigenvalue weighted by Crippen LogP contribution is -2.58. The van der Waals surface area contributed by atoms with Gasteiger partial charge in [0.2, 0.25) is 0 Å². The van der Waals surface area contributed by atoms with Gasteiger partial charge in [-0.25, -0.2) is 9.59 Å². The van der Waals surface area contributed by atoms with Crippen LogP contribution in [0.5, 0.6) is 0 Å². The van der Waals surface area contributed by atoms with E-state index in [4.69, 9.17) is 14.6 Å². The molecule has 0 radical (unpaired) electrons. The average molecular weight is 419 g/mol. The Morgan fingerprint density at radius 2 is 1.97 bits per heavy atom. The predicted molar refractivity (Wildman–Crippen MR) is 113 cm³/mol. The molecule has 0 N–H and O–H groups in total. The molecule has 30 heavy (non-hydrogen) atoms. The van der Waals surface area contributed by atoms with Crippen molar-refractivity contribution < 1.29 is 19.2 Å². The highest BCUT2D eigenvalue weighted by Gasteiger charge is 2.57. The summed E-state index contributed by atoms with van der Waals surface area (Å²) in [4.78, 5) is 40.3. The summed E-state index contributed by atoms with van der Waals surface area (Å²) in [5.74, 6) is 1.31. The van der Waals surface area contributed by atoms with E-state index in [0.717, 1.165) is 25.7 Å². The van der Waals surface area contributed by atoms with Crippen LogP contribution >= 0.6 is 0 Å². The van der Waals surface area contributed by atoms with E-state index in [9.17, 15) is 9.59 Å². The first kappa shape index (κ1) is 21.2. The lowest BCUT2D eigenvalue weighted by Gasteiger charge is -2.44. The third-order valence-electron chi connectivity index (χ3n) is 6.56. The lowest BCUT2D eigenvalue weighted by molar-refractivity contribution is -0.133. The Kier molecular flexibility index (Phi) is 5.79. The van der Waals surface area contributed by atoms with E-state index in [1.54, 1.807) is 16.0 Å². The van der Waals surface area contributed by atoms with Gasteiger partial charge in [0, 0.05) is 6.54 Å². The normalized spacial score (nSPS) is 31.4. The number of carbonyl (C=O) groups is 2. The fraction of sp³-hybridized carbons (Fsp3) is 0.773. The standard InChI is InChI=1S/C22H34N4O4/c1-5-13-29-26-17-14-25(20(26)27)18(16-10-8-6-7-9-15(16)17)19-23-11-12-24(19)21(28)30-22(2,3)4/h5,15-18H,1,6-14H2,2-4H3/t15?,16?,17-,18?/m0/s1. The maximum Gasteiger partial charge on any atom is 0.415 e. The van der Waals surface area contributed by atoms with Gasteiger partial charge in [0.1, 0.15) is 11.4 Å². The lowest BCUT2D eigenvalue weighted by atomic mass is 9.74. The Morgan fingerprint density at radius 1 is 1.23 bits per heavy atom. The number of rotatable bonds is 4. The van der Waals surface area contributed by atoms with Gasteiger partial charge in [-0.3, -0.25) is 14.7 Å². The number of aliphatic imine (C=N–C) groups is 1. The van der Waals surface area contributed by atoms with Gasteiger partial charge in [0.05, 0.1) is 31.8 Å². The molecule has 8 nitrogen and oxygen atoms in total. The molecule has 2 bridgehead atoms. The summed E-state index contributed by atoms with van der Waals surface area (Å²) in [7, 11) is 0. The molecule has 3 fully saturated rings. The van der Waals surface area contributed by atoms with Crippen molar-refractivity contribution in [1.82, 2.24) is 14.9 Å². The van der Waals surface area contributed by atoms with Gasteiger partial charge in [-0.2, -0.15) is 5.06 Å². The molecule has 8 heteroatoms. The van der Waals surface area contributed by atoms with Crippen LogP contribution in [0.2, 0.25) is 0 Å². The molecule has 3 aliphatic heterocycles. The van der Waals surface area contributed by atoms with Crippen LogP contribution in [0.25, 0.3) is 0 Å². The van der Waals surface area contributed by atoms with Gasteiger partial charge in [0.15, 0.2) is 0 Å². The summed E-state index contributed by atoms with van der Waals surface area (Å²) in [5.41, 5.74) is -0.577. The van der Waals surface area contributed by atoms with Crippen molar-refractivity contribution in [3.05, 3.63) is 12.7 Å². The Balaban J connectivity index is 1.65. The van der Waals surface area contributed by atoms with Gasteiger partial charge < -0.3 is 9.64 Å². The molecule has 1 aliphatic carbocycles. The molecule has 0 aromatic rings. The van der Waals surface area contributed by atoms with Gasteiger partial charge >= 0.3 is 12.1 Å². The van der Waals surface area contributed by atoms with E-state index in [1.807, 2.05) is 25.7 Å². The van der Waals surface area contributed by atoms with Crippen LogP contribution < -0.4 is 0 Å². The second-order valence-corrected chi connectivity index (χ2v) is 9.69. The zero-order chi connectivity index (χ0) is 21.5. The highest BCUT2D eigenvalue weighted by atomic mass is 16.7. The maximum atomic E-state index is 13.3. The minimum absolute atomic E-state index is 0.0498. The molecule has 0 spiro atoms. The van der Waals surface area contributed by atoms with Crippen LogP contribution in [0.15, 0.2) is 17.6 Å². The summed E-state index contributed by atoms with van der Waals surface area (Å²) in [5, 5.41) is 1.57. The molecule has 3 unspecified atom stereocenters. The van der Waals surface area contributed by atoms with Crippen molar-refractivity contribution in [1.29, 1.82) is 0 Å². The van der Waals surface area contributed by atoms with Crippen LogP contribution in [0, 0.1) is 11.8 Å². The Bertz CT molecular complexity index is 731. The highest BCUT2D eigenvalue weighted by molar-refractivity contribution is 6.02. The number of hydrogen-bond acceptors (Lipinski definition) is 5. The second-order valence-electron chi connectivity index (χ2n) is 9.69. The molecule has 3 heterocycles. The zero-order valence-corrected chi connectivity index (χ0v) is 18.4. The summed E-state index contributed by atoms with van der Waals surface area (Å²) in [6, 6.07) is -0.281. The number of amidine groups is 1. The van der Waals surface area contributed by atoms with Crippen LogP contribution in [-0.4, -0.2) is 76.7 Å². The van der Waals surface area contributed by atoms with Crippen molar-refractivity contribution in [2.75, 3.05) is 26.2 Å². The summed E-state index contributed by atoms with van der Waals surface area (Å²) in [6.07, 6.45) is 6.90. The van der Waals surface area contributed by atoms with Gasteiger partial charge in [-0.15, -0.1) is 6.58 Å². The monoisotopic (exact) mass is 418 g/mol. The number of carbonyl (C=O) groups excluding carboxylic acids is 2. The van der Waals surface area contributed by atoms with E-state index in [1.165, 1.54) is 6.42 Å². The topological polar surface area (TPSA) is 74.7 Å². The van der Waals surface area contributed by atoms with Crippen LogP contribution in [0.4, 0.5) is 9.59 Å². The first-order chi connectivity index (χ1) is 14.3. The van der Waals surface area contributed by atoms with E-state index < -0.39 is 5.60 Å². The molecule has 4 atom stereocenters. The fourth-order valence-electron chi connectivity index (χ4n) is 5.46. The Morgan fingerprint density at radius 3 is 2.67 bits per heavy atom. The number of fused-ring (bicyclic) bond motifs is 4. The Hall–Kier alpha value is -2.09. The minimum atomic E-state index is -0.577. The van der Waals surface area contributed by atoms with E-state index >= 15 is 0 Å². The van der Waals surface area contributed by atoms with Crippen molar-refractivity contribution in [3.8, 4) is 0 Å². The number of hydrogen-bond donors (Lipinski definition) is 0. The van der Waals surface area contributed by atoms with Crippen LogP contribution in [-0.2, 0) is 9.57 Å². The molecule has 2 saturated heterocycles. The quantitative estimate of drug-likeness (QED) is 0.656. The van der Waals surface area contributed by atoms with Crippen LogP contribution in [0.1, 0.15) is 52.9 Å². The summed E-state index contributed by atoms with van der Waals surface area (Å²) >= 11 is 0. The van der Waals surface area contributed by atoms with E-state index in [-0.39, 0.29) is 30.1 Å². The maximum absolute atomic E-state index is 13.3. The van der Waals surface area contributed by atoms with Gasteiger partial charge in [-0.1, -0.05) is 25.3 Å². The SMILES string of the molecule is C=CCON1C(=O)N2C[C@H]1C1CCCCCC1C2C1=NCCN1C(=O)OC(C)(C)C. The average Bonchev–Trinajstić information content (AvgIpc) is 3.16. The molecular formula is C22H34N4O4. The fourth-order valence-corrected chi connectivity index (χ4v) is 5.46. The summed E-state index contributed by atoms with van der Waals surface area (Å²) in [6.45, 7) is 11.3. The van der Waals surface area contributed by atoms with Crippen molar-refractivity contribution >= 4 is 18.0 Å². The third kappa shape index (κ3) is 3.82. The molecule has 0 aromatic carbocycles. The summed E-state index contributed by atoms with van der Waals surface area (Å²) < 4.78 is 5.64. The third-order valence-corrected chi connectivity index (χ3v) is 6.56. The number of piperidine rings is 1. The first-order valence-electron chi connectivity index (χ1n) is 11.2. The minimum Gasteiger partial charge on any atom is -0.443 e. The van der Waals surface area contributed by atoms with Gasteiger partial charge in [-0.05, 0) is 45.4 Å². The smallest absolute Gasteiger partial charge is 0.415 e. The molecular weight excluding hydrogens is 384 g/mol. The molecule has 166 valence electrons. The largest absolute Gasteiger partial charge is 0.443 e. The number of ether oxygens (including phenoxy) is 1. The zero-order valence-electron chi connectivity index (χ0n) is 18.4. The van der Waals surface area contributed by atoms with Crippen molar-refractivity contribution in [2.45, 2.75) is 70.6 Å².